The van der Waals surface area contributed by atoms with E-state index < -0.39 is 0 Å². The Balaban J connectivity index is 1.43. The van der Waals surface area contributed by atoms with Crippen LogP contribution in [-0.2, 0) is 0 Å². The zero-order chi connectivity index (χ0) is 12.4. The normalized spacial score (nSPS) is 23.3. The van der Waals surface area contributed by atoms with E-state index >= 15 is 0 Å². The minimum Gasteiger partial charge on any atom is -0.396 e. The zero-order valence-electron chi connectivity index (χ0n) is 10.6. The predicted molar refractivity (Wildman–Crippen MR) is 74.1 cm³/mol. The molecule has 1 aromatic heterocycles. The molecule has 0 bridgehead atoms. The predicted octanol–water partition coefficient (Wildman–Crippen LogP) is 1.47. The van der Waals surface area contributed by atoms with Gasteiger partial charge >= 0.3 is 0 Å². The van der Waals surface area contributed by atoms with Crippen molar-refractivity contribution in [2.45, 2.75) is 31.7 Å². The molecular formula is C13H21N3OS. The molecule has 0 unspecified atom stereocenters. The van der Waals surface area contributed by atoms with E-state index in [0.29, 0.717) is 12.6 Å². The highest BCUT2D eigenvalue weighted by atomic mass is 32.1. The highest BCUT2D eigenvalue weighted by Crippen LogP contribution is 2.44. The Hall–Kier alpha value is -0.650. The summed E-state index contributed by atoms with van der Waals surface area (Å²) in [6, 6.07) is 0.616. The van der Waals surface area contributed by atoms with E-state index in [1.54, 1.807) is 11.3 Å². The maximum absolute atomic E-state index is 9.30. The lowest BCUT2D eigenvalue weighted by molar-refractivity contribution is 0.201. The van der Waals surface area contributed by atoms with Crippen molar-refractivity contribution in [3.05, 3.63) is 11.6 Å². The first-order valence-electron chi connectivity index (χ1n) is 6.80. The number of hydrogen-bond acceptors (Lipinski definition) is 5. The third-order valence-electron chi connectivity index (χ3n) is 4.24. The summed E-state index contributed by atoms with van der Waals surface area (Å²) in [5.41, 5.74) is 0.229. The maximum atomic E-state index is 9.30. The monoisotopic (exact) mass is 267 g/mol. The minimum absolute atomic E-state index is 0.229. The number of rotatable bonds is 5. The second kappa shape index (κ2) is 5.15. The van der Waals surface area contributed by atoms with E-state index in [2.05, 4.69) is 15.2 Å². The molecule has 0 radical (unpaired) electrons. The summed E-state index contributed by atoms with van der Waals surface area (Å²) in [5, 5.41) is 16.1. The summed E-state index contributed by atoms with van der Waals surface area (Å²) in [7, 11) is 0. The van der Waals surface area contributed by atoms with Gasteiger partial charge in [-0.15, -0.1) is 11.3 Å². The first-order chi connectivity index (χ1) is 8.81. The van der Waals surface area contributed by atoms with Crippen LogP contribution in [0.25, 0.3) is 0 Å². The second-order valence-corrected chi connectivity index (χ2v) is 6.49. The van der Waals surface area contributed by atoms with Gasteiger partial charge in [0.1, 0.15) is 0 Å². The molecule has 3 rings (SSSR count). The maximum Gasteiger partial charge on any atom is 0.185 e. The van der Waals surface area contributed by atoms with Crippen molar-refractivity contribution in [3.8, 4) is 0 Å². The highest BCUT2D eigenvalue weighted by molar-refractivity contribution is 7.13. The number of thiazole rings is 1. The van der Waals surface area contributed by atoms with Crippen LogP contribution in [0.15, 0.2) is 11.6 Å². The van der Waals surface area contributed by atoms with E-state index in [0.717, 1.165) is 24.8 Å². The van der Waals surface area contributed by atoms with Gasteiger partial charge in [0.2, 0.25) is 0 Å². The Morgan fingerprint density at radius 1 is 1.44 bits per heavy atom. The molecule has 100 valence electrons. The van der Waals surface area contributed by atoms with E-state index in [1.165, 1.54) is 25.7 Å². The second-order valence-electron chi connectivity index (χ2n) is 5.62. The molecule has 0 amide bonds. The van der Waals surface area contributed by atoms with Crippen molar-refractivity contribution in [2.24, 2.45) is 5.41 Å². The molecule has 1 aliphatic carbocycles. The molecule has 18 heavy (non-hydrogen) atoms. The fraction of sp³-hybridized carbons (Fsp3) is 0.769. The number of aliphatic hydroxyl groups excluding tert-OH is 1. The average Bonchev–Trinajstić information content (AvgIpc) is 3.00. The van der Waals surface area contributed by atoms with Crippen molar-refractivity contribution >= 4 is 16.5 Å². The van der Waals surface area contributed by atoms with E-state index in [-0.39, 0.29) is 5.41 Å². The minimum atomic E-state index is 0.229. The van der Waals surface area contributed by atoms with Crippen molar-refractivity contribution < 1.29 is 5.11 Å². The van der Waals surface area contributed by atoms with Crippen LogP contribution in [0, 0.1) is 5.41 Å². The average molecular weight is 267 g/mol. The van der Waals surface area contributed by atoms with Crippen molar-refractivity contribution in [2.75, 3.05) is 31.1 Å². The summed E-state index contributed by atoms with van der Waals surface area (Å²) in [6.07, 6.45) is 6.62. The van der Waals surface area contributed by atoms with Crippen molar-refractivity contribution in [1.29, 1.82) is 0 Å². The van der Waals surface area contributed by atoms with Crippen LogP contribution in [0.1, 0.15) is 25.7 Å². The largest absolute Gasteiger partial charge is 0.396 e. The van der Waals surface area contributed by atoms with E-state index in [1.807, 2.05) is 11.6 Å². The first kappa shape index (κ1) is 12.4. The van der Waals surface area contributed by atoms with Gasteiger partial charge < -0.3 is 15.3 Å². The number of nitrogens with zero attached hydrogens (tertiary/aromatic N) is 2. The highest BCUT2D eigenvalue weighted by Gasteiger charge is 2.42. The van der Waals surface area contributed by atoms with Crippen LogP contribution < -0.4 is 10.2 Å². The molecule has 4 nitrogen and oxygen atoms in total. The topological polar surface area (TPSA) is 48.4 Å². The standard InChI is InChI=1S/C13H21N3OS/c17-10-13(3-4-13)9-15-11-1-6-16(7-2-11)12-14-5-8-18-12/h5,8,11,15,17H,1-4,6-7,9-10H2. The Kier molecular flexibility index (Phi) is 3.54. The smallest absolute Gasteiger partial charge is 0.185 e. The van der Waals surface area contributed by atoms with Crippen LogP contribution >= 0.6 is 11.3 Å². The molecule has 1 saturated heterocycles. The number of nitrogens with one attached hydrogen (secondary N) is 1. The molecule has 2 heterocycles. The lowest BCUT2D eigenvalue weighted by atomic mass is 10.0. The number of hydrogen-bond donors (Lipinski definition) is 2. The molecule has 1 aromatic rings. The number of aliphatic hydroxyl groups is 1. The molecule has 1 saturated carbocycles. The molecule has 0 atom stereocenters. The molecule has 5 heteroatoms. The molecular weight excluding hydrogens is 246 g/mol. The molecule has 0 aromatic carbocycles. The van der Waals surface area contributed by atoms with Crippen molar-refractivity contribution in [3.63, 3.8) is 0 Å². The quantitative estimate of drug-likeness (QED) is 0.848. The van der Waals surface area contributed by atoms with Crippen LogP contribution in [0.3, 0.4) is 0 Å². The Morgan fingerprint density at radius 2 is 2.22 bits per heavy atom. The van der Waals surface area contributed by atoms with E-state index in [9.17, 15) is 5.11 Å². The van der Waals surface area contributed by atoms with E-state index in [4.69, 9.17) is 0 Å². The van der Waals surface area contributed by atoms with Crippen LogP contribution in [-0.4, -0.2) is 42.4 Å². The van der Waals surface area contributed by atoms with Gasteiger partial charge in [0.05, 0.1) is 0 Å². The van der Waals surface area contributed by atoms with Crippen LogP contribution in [0.5, 0.6) is 0 Å². The van der Waals surface area contributed by atoms with Gasteiger partial charge in [0, 0.05) is 49.3 Å². The van der Waals surface area contributed by atoms with Gasteiger partial charge in [0.25, 0.3) is 0 Å². The number of piperidine rings is 1. The molecule has 0 spiro atoms. The Bertz CT molecular complexity index is 370. The van der Waals surface area contributed by atoms with Gasteiger partial charge in [0.15, 0.2) is 5.13 Å². The van der Waals surface area contributed by atoms with Gasteiger partial charge in [-0.2, -0.15) is 0 Å². The third-order valence-corrected chi connectivity index (χ3v) is 5.08. The van der Waals surface area contributed by atoms with Gasteiger partial charge in [-0.3, -0.25) is 0 Å². The first-order valence-corrected chi connectivity index (χ1v) is 7.68. The fourth-order valence-corrected chi connectivity index (χ4v) is 3.27. The lowest BCUT2D eigenvalue weighted by Gasteiger charge is -2.33. The molecule has 1 aliphatic heterocycles. The Labute approximate surface area is 112 Å². The fourth-order valence-electron chi connectivity index (χ4n) is 2.58. The zero-order valence-corrected chi connectivity index (χ0v) is 11.5. The number of anilines is 1. The third kappa shape index (κ3) is 2.68. The summed E-state index contributed by atoms with van der Waals surface area (Å²) < 4.78 is 0. The summed E-state index contributed by atoms with van der Waals surface area (Å²) in [5.74, 6) is 0. The lowest BCUT2D eigenvalue weighted by Crippen LogP contribution is -2.44. The van der Waals surface area contributed by atoms with Crippen LogP contribution in [0.2, 0.25) is 0 Å². The van der Waals surface area contributed by atoms with Gasteiger partial charge in [-0.05, 0) is 25.7 Å². The summed E-state index contributed by atoms with van der Waals surface area (Å²) >= 11 is 1.72. The van der Waals surface area contributed by atoms with Crippen molar-refractivity contribution in [1.82, 2.24) is 10.3 Å². The van der Waals surface area contributed by atoms with Crippen LogP contribution in [0.4, 0.5) is 5.13 Å². The SMILES string of the molecule is OCC1(CNC2CCN(c3nccs3)CC2)CC1. The summed E-state index contributed by atoms with van der Waals surface area (Å²) in [6.45, 7) is 3.53. The van der Waals surface area contributed by atoms with Gasteiger partial charge in [-0.25, -0.2) is 4.98 Å². The molecule has 2 N–H and O–H groups in total. The number of aromatic nitrogens is 1. The Morgan fingerprint density at radius 3 is 2.78 bits per heavy atom. The van der Waals surface area contributed by atoms with Gasteiger partial charge in [-0.1, -0.05) is 0 Å². The summed E-state index contributed by atoms with van der Waals surface area (Å²) in [4.78, 5) is 6.74. The molecule has 2 aliphatic rings. The molecule has 2 fully saturated rings.